The van der Waals surface area contributed by atoms with Gasteiger partial charge >= 0.3 is 0 Å². The fraction of sp³-hybridized carbons (Fsp3) is 0.714. The first-order chi connectivity index (χ1) is 9.27. The minimum absolute atomic E-state index is 0.552. The van der Waals surface area contributed by atoms with Crippen molar-refractivity contribution in [3.05, 3.63) is 6.33 Å². The Morgan fingerprint density at radius 3 is 2.47 bits per heavy atom. The van der Waals surface area contributed by atoms with Crippen molar-refractivity contribution in [2.24, 2.45) is 0 Å². The quantitative estimate of drug-likeness (QED) is 0.847. The molecule has 0 radical (unpaired) electrons. The number of methoxy groups -OCH3 is 1. The molecular weight excluding hydrogens is 240 g/mol. The molecule has 0 saturated heterocycles. The lowest BCUT2D eigenvalue weighted by molar-refractivity contribution is 0.410. The minimum atomic E-state index is 0.552. The van der Waals surface area contributed by atoms with Crippen LogP contribution in [0, 0.1) is 0 Å². The van der Waals surface area contributed by atoms with Gasteiger partial charge in [-0.1, -0.05) is 25.7 Å². The molecule has 0 atom stereocenters. The van der Waals surface area contributed by atoms with Gasteiger partial charge in [-0.3, -0.25) is 0 Å². The second-order valence-corrected chi connectivity index (χ2v) is 5.09. The van der Waals surface area contributed by atoms with Gasteiger partial charge in [-0.2, -0.15) is 0 Å². The highest BCUT2D eigenvalue weighted by molar-refractivity contribution is 5.64. The largest absolute Gasteiger partial charge is 0.490 e. The number of hydrogen-bond donors (Lipinski definition) is 1. The molecule has 0 aromatic carbocycles. The minimum Gasteiger partial charge on any atom is -0.490 e. The fourth-order valence-electron chi connectivity index (χ4n) is 2.80. The lowest BCUT2D eigenvalue weighted by atomic mass is 10.1. The first kappa shape index (κ1) is 13.9. The molecule has 5 heteroatoms. The van der Waals surface area contributed by atoms with E-state index in [-0.39, 0.29) is 0 Å². The van der Waals surface area contributed by atoms with E-state index in [4.69, 9.17) is 4.74 Å². The van der Waals surface area contributed by atoms with Crippen LogP contribution in [0.15, 0.2) is 6.33 Å². The average molecular weight is 264 g/mol. The zero-order valence-electron chi connectivity index (χ0n) is 12.1. The number of anilines is 2. The van der Waals surface area contributed by atoms with Gasteiger partial charge in [0.1, 0.15) is 6.33 Å². The topological polar surface area (TPSA) is 50.3 Å². The van der Waals surface area contributed by atoms with Gasteiger partial charge < -0.3 is 15.0 Å². The summed E-state index contributed by atoms with van der Waals surface area (Å²) in [7, 11) is 5.63. The maximum Gasteiger partial charge on any atom is 0.204 e. The summed E-state index contributed by atoms with van der Waals surface area (Å²) >= 11 is 0. The Balaban J connectivity index is 2.24. The van der Waals surface area contributed by atoms with Crippen LogP contribution < -0.4 is 15.0 Å². The molecule has 1 aromatic heterocycles. The molecule has 1 fully saturated rings. The highest BCUT2D eigenvalue weighted by Gasteiger charge is 2.22. The van der Waals surface area contributed by atoms with E-state index >= 15 is 0 Å². The normalized spacial score (nSPS) is 16.8. The molecular formula is C14H24N4O. The number of nitrogens with one attached hydrogen (secondary N) is 1. The van der Waals surface area contributed by atoms with Crippen LogP contribution in [0.1, 0.15) is 38.5 Å². The molecule has 2 rings (SSSR count). The summed E-state index contributed by atoms with van der Waals surface area (Å²) < 4.78 is 5.48. The first-order valence-corrected chi connectivity index (χ1v) is 7.07. The van der Waals surface area contributed by atoms with Gasteiger partial charge in [0.05, 0.1) is 7.11 Å². The van der Waals surface area contributed by atoms with Crippen molar-refractivity contribution in [3.8, 4) is 5.75 Å². The highest BCUT2D eigenvalue weighted by atomic mass is 16.5. The lowest BCUT2D eigenvalue weighted by Crippen LogP contribution is -2.32. The van der Waals surface area contributed by atoms with Gasteiger partial charge in [-0.15, -0.1) is 0 Å². The van der Waals surface area contributed by atoms with E-state index in [0.29, 0.717) is 6.04 Å². The van der Waals surface area contributed by atoms with Crippen LogP contribution in [0.2, 0.25) is 0 Å². The monoisotopic (exact) mass is 264 g/mol. The summed E-state index contributed by atoms with van der Waals surface area (Å²) in [4.78, 5) is 10.9. The molecule has 1 N–H and O–H groups in total. The smallest absolute Gasteiger partial charge is 0.204 e. The first-order valence-electron chi connectivity index (χ1n) is 7.07. The van der Waals surface area contributed by atoms with Crippen molar-refractivity contribution in [1.82, 2.24) is 9.97 Å². The number of hydrogen-bond acceptors (Lipinski definition) is 5. The molecule has 1 aliphatic rings. The summed E-state index contributed by atoms with van der Waals surface area (Å²) in [5.41, 5.74) is 0. The van der Waals surface area contributed by atoms with E-state index in [0.717, 1.165) is 17.4 Å². The highest BCUT2D eigenvalue weighted by Crippen LogP contribution is 2.34. The Hall–Kier alpha value is -1.52. The maximum atomic E-state index is 5.48. The lowest BCUT2D eigenvalue weighted by Gasteiger charge is -2.29. The molecule has 1 saturated carbocycles. The van der Waals surface area contributed by atoms with Crippen LogP contribution in [0.3, 0.4) is 0 Å². The Bertz CT molecular complexity index is 402. The number of ether oxygens (including phenoxy) is 1. The third-order valence-corrected chi connectivity index (χ3v) is 3.93. The van der Waals surface area contributed by atoms with E-state index in [9.17, 15) is 0 Å². The van der Waals surface area contributed by atoms with Crippen LogP contribution in [0.25, 0.3) is 0 Å². The average Bonchev–Trinajstić information content (AvgIpc) is 2.74. The van der Waals surface area contributed by atoms with Gasteiger partial charge in [-0.25, -0.2) is 9.97 Å². The van der Waals surface area contributed by atoms with E-state index in [1.54, 1.807) is 13.4 Å². The molecule has 0 amide bonds. The van der Waals surface area contributed by atoms with Crippen molar-refractivity contribution in [2.45, 2.75) is 44.6 Å². The van der Waals surface area contributed by atoms with Crippen molar-refractivity contribution in [3.63, 3.8) is 0 Å². The third kappa shape index (κ3) is 3.08. The summed E-state index contributed by atoms with van der Waals surface area (Å²) in [5.74, 6) is 2.36. The van der Waals surface area contributed by atoms with E-state index in [2.05, 4.69) is 27.2 Å². The second kappa shape index (κ2) is 6.59. The second-order valence-electron chi connectivity index (χ2n) is 5.09. The van der Waals surface area contributed by atoms with Crippen molar-refractivity contribution in [2.75, 3.05) is 31.4 Å². The Morgan fingerprint density at radius 2 is 1.89 bits per heavy atom. The van der Waals surface area contributed by atoms with Crippen LogP contribution >= 0.6 is 0 Å². The predicted molar refractivity (Wildman–Crippen MR) is 78.0 cm³/mol. The molecule has 1 aromatic rings. The van der Waals surface area contributed by atoms with Crippen LogP contribution in [-0.4, -0.2) is 37.2 Å². The molecule has 0 unspecified atom stereocenters. The van der Waals surface area contributed by atoms with Gasteiger partial charge in [-0.05, 0) is 12.8 Å². The molecule has 0 spiro atoms. The molecule has 19 heavy (non-hydrogen) atoms. The van der Waals surface area contributed by atoms with Crippen LogP contribution in [0.5, 0.6) is 5.75 Å². The Labute approximate surface area is 115 Å². The van der Waals surface area contributed by atoms with Gasteiger partial charge in [0, 0.05) is 20.1 Å². The summed E-state index contributed by atoms with van der Waals surface area (Å²) in [5, 5.41) is 3.05. The summed E-state index contributed by atoms with van der Waals surface area (Å²) in [6.45, 7) is 0. The molecule has 1 aliphatic carbocycles. The Kier molecular flexibility index (Phi) is 4.82. The predicted octanol–water partition coefficient (Wildman–Crippen LogP) is 2.69. The van der Waals surface area contributed by atoms with Gasteiger partial charge in [0.15, 0.2) is 11.6 Å². The van der Waals surface area contributed by atoms with Crippen molar-refractivity contribution in [1.29, 1.82) is 0 Å². The SMILES string of the molecule is CNc1ncnc(N(C)C2CCCCCC2)c1OC. The maximum absolute atomic E-state index is 5.48. The number of aromatic nitrogens is 2. The van der Waals surface area contributed by atoms with E-state index < -0.39 is 0 Å². The van der Waals surface area contributed by atoms with E-state index in [1.165, 1.54) is 38.5 Å². The molecule has 1 heterocycles. The van der Waals surface area contributed by atoms with E-state index in [1.807, 2.05) is 7.05 Å². The molecule has 0 bridgehead atoms. The van der Waals surface area contributed by atoms with Gasteiger partial charge in [0.2, 0.25) is 5.75 Å². The fourth-order valence-corrected chi connectivity index (χ4v) is 2.80. The number of rotatable bonds is 4. The standard InChI is InChI=1S/C14H24N4O/c1-15-13-12(19-3)14(17-10-16-13)18(2)11-8-6-4-5-7-9-11/h10-11H,4-9H2,1-3H3,(H,15,16,17). The third-order valence-electron chi connectivity index (χ3n) is 3.93. The number of nitrogens with zero attached hydrogens (tertiary/aromatic N) is 3. The molecule has 5 nitrogen and oxygen atoms in total. The Morgan fingerprint density at radius 1 is 1.21 bits per heavy atom. The van der Waals surface area contributed by atoms with Gasteiger partial charge in [0.25, 0.3) is 0 Å². The molecule has 0 aliphatic heterocycles. The zero-order valence-corrected chi connectivity index (χ0v) is 12.1. The molecule has 106 valence electrons. The van der Waals surface area contributed by atoms with Crippen molar-refractivity contribution >= 4 is 11.6 Å². The zero-order chi connectivity index (χ0) is 13.7. The summed E-state index contributed by atoms with van der Waals surface area (Å²) in [6, 6.07) is 0.552. The van der Waals surface area contributed by atoms with Crippen LogP contribution in [0.4, 0.5) is 11.6 Å². The summed E-state index contributed by atoms with van der Waals surface area (Å²) in [6.07, 6.45) is 9.39. The van der Waals surface area contributed by atoms with Crippen molar-refractivity contribution < 1.29 is 4.74 Å². The van der Waals surface area contributed by atoms with Crippen LogP contribution in [-0.2, 0) is 0 Å².